The van der Waals surface area contributed by atoms with E-state index in [0.29, 0.717) is 0 Å². The molecule has 2 fully saturated rings. The molecule has 0 bridgehead atoms. The lowest BCUT2D eigenvalue weighted by Gasteiger charge is -2.50. The Balaban J connectivity index is 2.07. The van der Waals surface area contributed by atoms with Crippen molar-refractivity contribution in [1.29, 1.82) is 0 Å². The summed E-state index contributed by atoms with van der Waals surface area (Å²) >= 11 is 6.23. The van der Waals surface area contributed by atoms with E-state index in [2.05, 4.69) is 39.2 Å². The van der Waals surface area contributed by atoms with Gasteiger partial charge < -0.3 is 14.8 Å². The van der Waals surface area contributed by atoms with Crippen LogP contribution in [-0.4, -0.2) is 43.0 Å². The van der Waals surface area contributed by atoms with Crippen LogP contribution in [0.25, 0.3) is 0 Å². The van der Waals surface area contributed by atoms with Crippen LogP contribution in [0.2, 0.25) is 18.1 Å². The van der Waals surface area contributed by atoms with E-state index in [9.17, 15) is 9.90 Å². The molecule has 1 heterocycles. The third-order valence-corrected chi connectivity index (χ3v) is 11.1. The zero-order valence-electron chi connectivity index (χ0n) is 15.2. The average molecular weight is 362 g/mol. The SMILES string of the molecule is C[C@@H](O[Si](C)(C)C(C)(C)C)[C@H]1C(=O)NC1[C@H]1CCC[C@H](Cl)[C@H]1O. The fourth-order valence-electron chi connectivity index (χ4n) is 3.56. The normalized spacial score (nSPS) is 37.0. The Morgan fingerprint density at radius 3 is 2.48 bits per heavy atom. The Hall–Kier alpha value is -0.103. The molecule has 0 aromatic carbocycles. The van der Waals surface area contributed by atoms with Crippen molar-refractivity contribution >= 4 is 25.8 Å². The molecule has 2 aliphatic rings. The van der Waals surface area contributed by atoms with E-state index in [1.165, 1.54) is 0 Å². The minimum absolute atomic E-state index is 0.0150. The van der Waals surface area contributed by atoms with Gasteiger partial charge in [-0.15, -0.1) is 11.6 Å². The molecule has 23 heavy (non-hydrogen) atoms. The van der Waals surface area contributed by atoms with E-state index in [4.69, 9.17) is 16.0 Å². The minimum atomic E-state index is -1.92. The van der Waals surface area contributed by atoms with Crippen LogP contribution in [0, 0.1) is 11.8 Å². The van der Waals surface area contributed by atoms with Crippen molar-refractivity contribution in [3.05, 3.63) is 0 Å². The van der Waals surface area contributed by atoms with Crippen LogP contribution in [0.5, 0.6) is 0 Å². The summed E-state index contributed by atoms with van der Waals surface area (Å²) in [5, 5.41) is 13.3. The standard InChI is InChI=1S/C17H32ClNO3Si/c1-10(22-23(5,6)17(2,3)4)13-14(19-16(13)21)11-8-7-9-12(18)15(11)20/h10-15,20H,7-9H2,1-6H3,(H,19,21)/t10-,11-,12+,13-,14?,15+/m1/s1. The molecule has 1 amide bonds. The molecule has 1 aliphatic carbocycles. The largest absolute Gasteiger partial charge is 0.413 e. The molecule has 6 atom stereocenters. The van der Waals surface area contributed by atoms with Gasteiger partial charge in [-0.1, -0.05) is 27.2 Å². The molecule has 1 saturated carbocycles. The summed E-state index contributed by atoms with van der Waals surface area (Å²) in [5.41, 5.74) is 0. The van der Waals surface area contributed by atoms with Crippen molar-refractivity contribution in [3.8, 4) is 0 Å². The van der Waals surface area contributed by atoms with E-state index >= 15 is 0 Å². The van der Waals surface area contributed by atoms with Gasteiger partial charge >= 0.3 is 0 Å². The van der Waals surface area contributed by atoms with Gasteiger partial charge in [-0.25, -0.2) is 0 Å². The number of hydrogen-bond acceptors (Lipinski definition) is 3. The van der Waals surface area contributed by atoms with E-state index < -0.39 is 14.4 Å². The zero-order chi connectivity index (χ0) is 17.6. The number of carbonyl (C=O) groups excluding carboxylic acids is 1. The summed E-state index contributed by atoms with van der Waals surface area (Å²) in [6, 6.07) is -0.0150. The molecule has 1 saturated heterocycles. The Morgan fingerprint density at radius 1 is 1.35 bits per heavy atom. The van der Waals surface area contributed by atoms with Gasteiger partial charge in [0.1, 0.15) is 0 Å². The van der Waals surface area contributed by atoms with Gasteiger partial charge in [0, 0.05) is 12.0 Å². The van der Waals surface area contributed by atoms with Crippen LogP contribution in [0.15, 0.2) is 0 Å². The van der Waals surface area contributed by atoms with Crippen molar-refractivity contribution in [1.82, 2.24) is 5.32 Å². The summed E-state index contributed by atoms with van der Waals surface area (Å²) in [4.78, 5) is 12.2. The summed E-state index contributed by atoms with van der Waals surface area (Å²) in [6.45, 7) is 13.0. The Morgan fingerprint density at radius 2 is 1.96 bits per heavy atom. The van der Waals surface area contributed by atoms with Gasteiger partial charge in [0.25, 0.3) is 0 Å². The molecule has 0 aromatic heterocycles. The first-order valence-corrected chi connectivity index (χ1v) is 12.1. The van der Waals surface area contributed by atoms with E-state index in [-0.39, 0.29) is 40.3 Å². The van der Waals surface area contributed by atoms with Crippen molar-refractivity contribution in [2.75, 3.05) is 0 Å². The van der Waals surface area contributed by atoms with Crippen molar-refractivity contribution < 1.29 is 14.3 Å². The van der Waals surface area contributed by atoms with Crippen LogP contribution in [0.1, 0.15) is 47.0 Å². The lowest BCUT2D eigenvalue weighted by Crippen LogP contribution is -2.68. The second-order valence-corrected chi connectivity index (χ2v) is 14.1. The third kappa shape index (κ3) is 3.78. The van der Waals surface area contributed by atoms with Gasteiger partial charge in [-0.05, 0) is 37.9 Å². The van der Waals surface area contributed by atoms with Gasteiger partial charge in [0.05, 0.1) is 23.5 Å². The highest BCUT2D eigenvalue weighted by Gasteiger charge is 2.52. The number of nitrogens with one attached hydrogen (secondary N) is 1. The van der Waals surface area contributed by atoms with Crippen molar-refractivity contribution in [2.45, 2.75) is 88.7 Å². The van der Waals surface area contributed by atoms with Crippen LogP contribution < -0.4 is 5.32 Å². The fourth-order valence-corrected chi connectivity index (χ4v) is 5.33. The number of hydrogen-bond donors (Lipinski definition) is 2. The van der Waals surface area contributed by atoms with Crippen molar-refractivity contribution in [3.63, 3.8) is 0 Å². The molecular formula is C17H32ClNO3Si. The van der Waals surface area contributed by atoms with Crippen LogP contribution >= 0.6 is 11.6 Å². The number of amides is 1. The van der Waals surface area contributed by atoms with E-state index in [0.717, 1.165) is 19.3 Å². The maximum atomic E-state index is 12.2. The predicted octanol–water partition coefficient (Wildman–Crippen LogP) is 3.28. The van der Waals surface area contributed by atoms with Crippen LogP contribution in [0.3, 0.4) is 0 Å². The molecule has 1 unspecified atom stereocenters. The Labute approximate surface area is 146 Å². The topological polar surface area (TPSA) is 58.6 Å². The highest BCUT2D eigenvalue weighted by molar-refractivity contribution is 6.74. The molecule has 0 aromatic rings. The highest BCUT2D eigenvalue weighted by Crippen LogP contribution is 2.41. The quantitative estimate of drug-likeness (QED) is 0.459. The summed E-state index contributed by atoms with van der Waals surface area (Å²) in [5.74, 6) is -0.0877. The Kier molecular flexibility index (Phi) is 5.57. The summed E-state index contributed by atoms with van der Waals surface area (Å²) in [6.07, 6.45) is 2.10. The zero-order valence-corrected chi connectivity index (χ0v) is 17.0. The molecule has 134 valence electrons. The van der Waals surface area contributed by atoms with Gasteiger partial charge in [-0.2, -0.15) is 0 Å². The smallest absolute Gasteiger partial charge is 0.228 e. The molecule has 2 N–H and O–H groups in total. The maximum Gasteiger partial charge on any atom is 0.228 e. The second kappa shape index (κ2) is 6.66. The van der Waals surface area contributed by atoms with Crippen LogP contribution in [0.4, 0.5) is 0 Å². The number of halogens is 1. The molecule has 6 heteroatoms. The summed E-state index contributed by atoms with van der Waals surface area (Å²) < 4.78 is 6.42. The number of alkyl halides is 1. The number of aliphatic hydroxyl groups is 1. The number of carbonyl (C=O) groups is 1. The minimum Gasteiger partial charge on any atom is -0.413 e. The second-order valence-electron chi connectivity index (χ2n) is 8.74. The molecular weight excluding hydrogens is 330 g/mol. The van der Waals surface area contributed by atoms with Crippen molar-refractivity contribution in [2.24, 2.45) is 11.8 Å². The van der Waals surface area contributed by atoms with Gasteiger partial charge in [0.2, 0.25) is 5.91 Å². The fraction of sp³-hybridized carbons (Fsp3) is 0.941. The monoisotopic (exact) mass is 361 g/mol. The number of β-lactam (4-membered cyclic amide) rings is 1. The molecule has 1 aliphatic heterocycles. The summed E-state index contributed by atoms with van der Waals surface area (Å²) in [7, 11) is -1.92. The van der Waals surface area contributed by atoms with Gasteiger partial charge in [-0.3, -0.25) is 4.79 Å². The first-order valence-electron chi connectivity index (χ1n) is 8.76. The highest BCUT2D eigenvalue weighted by atomic mass is 35.5. The lowest BCUT2D eigenvalue weighted by atomic mass is 9.71. The van der Waals surface area contributed by atoms with E-state index in [1.54, 1.807) is 0 Å². The molecule has 2 rings (SSSR count). The maximum absolute atomic E-state index is 12.2. The molecule has 4 nitrogen and oxygen atoms in total. The first-order chi connectivity index (χ1) is 10.5. The van der Waals surface area contributed by atoms with Crippen LogP contribution in [-0.2, 0) is 9.22 Å². The molecule has 0 radical (unpaired) electrons. The molecule has 0 spiro atoms. The number of rotatable bonds is 4. The Bertz CT molecular complexity index is 452. The lowest BCUT2D eigenvalue weighted by molar-refractivity contribution is -0.145. The predicted molar refractivity (Wildman–Crippen MR) is 96.2 cm³/mol. The van der Waals surface area contributed by atoms with E-state index in [1.807, 2.05) is 6.92 Å². The number of aliphatic hydroxyl groups excluding tert-OH is 1. The van der Waals surface area contributed by atoms with Gasteiger partial charge in [0.15, 0.2) is 8.32 Å². The average Bonchev–Trinajstić information content (AvgIpc) is 2.37. The third-order valence-electron chi connectivity index (χ3n) is 6.08. The first kappa shape index (κ1) is 19.2.